The second-order valence-corrected chi connectivity index (χ2v) is 26.1. The Labute approximate surface area is 514 Å². The van der Waals surface area contributed by atoms with Crippen molar-refractivity contribution in [3.05, 3.63) is 85.1 Å². The van der Waals surface area contributed by atoms with Crippen LogP contribution in [0.5, 0.6) is 0 Å². The van der Waals surface area contributed by atoms with Crippen LogP contribution >= 0.6 is 7.82 Å². The number of quaternary nitrogens is 1. The number of allylic oxidation sites excluding steroid dienone is 13. The number of phosphoric ester groups is 1. The maximum absolute atomic E-state index is 13.6. The van der Waals surface area contributed by atoms with Gasteiger partial charge in [0.1, 0.15) is 19.3 Å². The molecule has 0 rings (SSSR count). The van der Waals surface area contributed by atoms with E-state index in [1.165, 1.54) is 180 Å². The summed E-state index contributed by atoms with van der Waals surface area (Å²) in [5.41, 5.74) is 0. The maximum Gasteiger partial charge on any atom is 0.306 e. The van der Waals surface area contributed by atoms with Gasteiger partial charge >= 0.3 is 5.97 Å². The Hall–Kier alpha value is -2.81. The highest BCUT2D eigenvalue weighted by molar-refractivity contribution is 7.45. The van der Waals surface area contributed by atoms with E-state index in [0.29, 0.717) is 23.9 Å². The highest BCUT2D eigenvalue weighted by Crippen LogP contribution is 2.38. The summed E-state index contributed by atoms with van der Waals surface area (Å²) in [6.07, 6.45) is 82.6. The third-order valence-electron chi connectivity index (χ3n) is 15.3. The third kappa shape index (κ3) is 63.5. The van der Waals surface area contributed by atoms with Gasteiger partial charge in [0, 0.05) is 12.8 Å². The number of ether oxygens (including phenoxy) is 1. The number of nitrogens with zero attached hydrogens (tertiary/aromatic N) is 1. The van der Waals surface area contributed by atoms with Crippen LogP contribution in [-0.4, -0.2) is 69.4 Å². The second kappa shape index (κ2) is 62.2. The van der Waals surface area contributed by atoms with Crippen LogP contribution in [0.4, 0.5) is 0 Å². The first kappa shape index (κ1) is 80.2. The quantitative estimate of drug-likeness (QED) is 0.0212. The molecule has 0 aromatic heterocycles. The molecule has 0 spiro atoms. The van der Waals surface area contributed by atoms with Crippen molar-refractivity contribution in [3.8, 4) is 0 Å². The van der Waals surface area contributed by atoms with Gasteiger partial charge in [-0.2, -0.15) is 0 Å². The minimum Gasteiger partial charge on any atom is -0.756 e. The number of carbonyl (C=O) groups excluding carboxylic acids is 2. The van der Waals surface area contributed by atoms with Crippen molar-refractivity contribution in [2.45, 2.75) is 328 Å². The Balaban J connectivity index is 5.15. The Bertz CT molecular complexity index is 1700. The van der Waals surface area contributed by atoms with Gasteiger partial charge in [0.15, 0.2) is 0 Å². The molecule has 0 aliphatic heterocycles. The van der Waals surface area contributed by atoms with E-state index >= 15 is 0 Å². The fourth-order valence-corrected chi connectivity index (χ4v) is 10.6. The lowest BCUT2D eigenvalue weighted by Gasteiger charge is -2.30. The minimum atomic E-state index is -4.71. The lowest BCUT2D eigenvalue weighted by molar-refractivity contribution is -0.870. The number of hydrogen-bond acceptors (Lipinski definition) is 7. The molecule has 0 fully saturated rings. The molecule has 0 bridgehead atoms. The fourth-order valence-electron chi connectivity index (χ4n) is 9.89. The van der Waals surface area contributed by atoms with Crippen LogP contribution in [0.1, 0.15) is 316 Å². The number of phosphoric acid groups is 1. The summed E-state index contributed by atoms with van der Waals surface area (Å²) >= 11 is 0. The number of amides is 1. The van der Waals surface area contributed by atoms with Gasteiger partial charge in [-0.1, -0.05) is 280 Å². The van der Waals surface area contributed by atoms with Crippen molar-refractivity contribution in [1.82, 2.24) is 5.32 Å². The van der Waals surface area contributed by atoms with Gasteiger partial charge in [-0.25, -0.2) is 0 Å². The highest BCUT2D eigenvalue weighted by Gasteiger charge is 2.27. The predicted octanol–water partition coefficient (Wildman–Crippen LogP) is 21.5. The number of carbonyl (C=O) groups is 2. The fraction of sp³-hybridized carbons (Fsp3) is 0.781. The van der Waals surface area contributed by atoms with E-state index in [2.05, 4.69) is 99.0 Å². The Kier molecular flexibility index (Phi) is 60.1. The molecule has 10 heteroatoms. The van der Waals surface area contributed by atoms with Crippen molar-refractivity contribution in [2.24, 2.45) is 0 Å². The summed E-state index contributed by atoms with van der Waals surface area (Å²) in [7, 11) is 1.17. The van der Waals surface area contributed by atoms with Gasteiger partial charge in [-0.15, -0.1) is 0 Å². The molecule has 0 heterocycles. The van der Waals surface area contributed by atoms with Crippen LogP contribution in [0.25, 0.3) is 0 Å². The predicted molar refractivity (Wildman–Crippen MR) is 358 cm³/mol. The van der Waals surface area contributed by atoms with E-state index in [1.807, 2.05) is 33.3 Å². The first-order valence-electron chi connectivity index (χ1n) is 34.9. The molecule has 1 N–H and O–H groups in total. The minimum absolute atomic E-state index is 0.0274. The number of nitrogens with one attached hydrogen (secondary N) is 1. The number of likely N-dealkylation sites (N-methyl/N-ethyl adjacent to an activating group) is 1. The van der Waals surface area contributed by atoms with Crippen LogP contribution in [0.3, 0.4) is 0 Å². The monoisotopic (exact) mass is 1180 g/mol. The van der Waals surface area contributed by atoms with Gasteiger partial charge in [0.2, 0.25) is 5.91 Å². The molecule has 0 aliphatic carbocycles. The summed E-state index contributed by atoms with van der Waals surface area (Å²) in [5, 5.41) is 3.04. The molecular formula is C73H133N2O7P. The zero-order valence-corrected chi connectivity index (χ0v) is 56.0. The van der Waals surface area contributed by atoms with E-state index < -0.39 is 26.6 Å². The lowest BCUT2D eigenvalue weighted by atomic mass is 10.0. The standard InChI is InChI=1S/C73H133N2O7P/c1-7-10-13-16-19-22-25-28-30-32-34-35-36-37-38-39-41-42-44-47-50-53-56-59-62-65-72(76)74-70(69-81-83(78,79)80-68-67-75(4,5)6)71(64-61-58-55-52-49-46-27-24-21-18-15-12-9-3)82-73(77)66-63-60-57-54-51-48-45-43-40-33-31-29-26-23-20-17-14-11-8-2/h19-20,22-23,28-31,34-35,40,43,61,64,70-71H,7-18,21,24-27,32-33,36-39,41-42,44-60,62-63,65-69H2,1-6H3,(H-,74,76,78,79)/b22-19-,23-20-,30-28-,31-29-,35-34-,43-40-,64-61-. The first-order chi connectivity index (χ1) is 40.4. The van der Waals surface area contributed by atoms with E-state index in [9.17, 15) is 19.0 Å². The maximum atomic E-state index is 13.6. The normalized spacial score (nSPS) is 14.1. The molecule has 482 valence electrons. The molecule has 0 radical (unpaired) electrons. The van der Waals surface area contributed by atoms with E-state index in [0.717, 1.165) is 96.3 Å². The molecule has 1 amide bonds. The molecule has 3 atom stereocenters. The van der Waals surface area contributed by atoms with Crippen molar-refractivity contribution in [3.63, 3.8) is 0 Å². The number of hydrogen-bond donors (Lipinski definition) is 1. The molecule has 0 saturated heterocycles. The van der Waals surface area contributed by atoms with Crippen LogP contribution < -0.4 is 10.2 Å². The Morgan fingerprint density at radius 2 is 0.735 bits per heavy atom. The SMILES string of the molecule is CCCCC/C=C\C/C=C\C/C=C\CCCCCCCCCCCCCCC(=O)NC(COP(=O)([O-])OCC[N+](C)(C)C)C(/C=C\CCCCCCCCCCCCC)OC(=O)CCCCCCCC/C=C\C/C=C\C/C=C\CCCCC. The van der Waals surface area contributed by atoms with Gasteiger partial charge in [-0.3, -0.25) is 14.2 Å². The van der Waals surface area contributed by atoms with Crippen LogP contribution in [-0.2, 0) is 27.9 Å². The molecule has 0 aliphatic rings. The summed E-state index contributed by atoms with van der Waals surface area (Å²) < 4.78 is 30.4. The zero-order chi connectivity index (χ0) is 60.7. The molecule has 0 saturated carbocycles. The van der Waals surface area contributed by atoms with E-state index in [-0.39, 0.29) is 24.9 Å². The zero-order valence-electron chi connectivity index (χ0n) is 55.1. The van der Waals surface area contributed by atoms with Crippen LogP contribution in [0.2, 0.25) is 0 Å². The van der Waals surface area contributed by atoms with Crippen molar-refractivity contribution >= 4 is 19.7 Å². The van der Waals surface area contributed by atoms with Crippen molar-refractivity contribution in [2.75, 3.05) is 40.9 Å². The molecule has 83 heavy (non-hydrogen) atoms. The largest absolute Gasteiger partial charge is 0.756 e. The highest BCUT2D eigenvalue weighted by atomic mass is 31.2. The Morgan fingerprint density at radius 3 is 1.12 bits per heavy atom. The van der Waals surface area contributed by atoms with Gasteiger partial charge in [-0.05, 0) is 109 Å². The molecule has 0 aromatic carbocycles. The average Bonchev–Trinajstić information content (AvgIpc) is 3.46. The molecular weight excluding hydrogens is 1050 g/mol. The van der Waals surface area contributed by atoms with Gasteiger partial charge in [0.05, 0.1) is 33.8 Å². The molecule has 9 nitrogen and oxygen atoms in total. The Morgan fingerprint density at radius 1 is 0.422 bits per heavy atom. The van der Waals surface area contributed by atoms with E-state index in [1.54, 1.807) is 0 Å². The van der Waals surface area contributed by atoms with Crippen LogP contribution in [0, 0.1) is 0 Å². The van der Waals surface area contributed by atoms with E-state index in [4.69, 9.17) is 13.8 Å². The number of unbranched alkanes of at least 4 members (excludes halogenated alkanes) is 35. The summed E-state index contributed by atoms with van der Waals surface area (Å²) in [6.45, 7) is 6.80. The smallest absolute Gasteiger partial charge is 0.306 e. The average molecular weight is 1180 g/mol. The number of rotatable bonds is 63. The summed E-state index contributed by atoms with van der Waals surface area (Å²) in [6, 6.07) is -0.900. The van der Waals surface area contributed by atoms with Crippen molar-refractivity contribution < 1.29 is 37.3 Å². The number of esters is 1. The van der Waals surface area contributed by atoms with Gasteiger partial charge in [0.25, 0.3) is 7.82 Å². The molecule has 0 aromatic rings. The second-order valence-electron chi connectivity index (χ2n) is 24.7. The lowest BCUT2D eigenvalue weighted by Crippen LogP contribution is -2.47. The summed E-state index contributed by atoms with van der Waals surface area (Å²) in [5.74, 6) is -0.552. The summed E-state index contributed by atoms with van der Waals surface area (Å²) in [4.78, 5) is 40.2. The topological polar surface area (TPSA) is 114 Å². The first-order valence-corrected chi connectivity index (χ1v) is 36.4. The van der Waals surface area contributed by atoms with Gasteiger partial charge < -0.3 is 28.5 Å². The van der Waals surface area contributed by atoms with Crippen molar-refractivity contribution in [1.29, 1.82) is 0 Å². The third-order valence-corrected chi connectivity index (χ3v) is 16.3. The molecule has 3 unspecified atom stereocenters. The van der Waals surface area contributed by atoms with Crippen LogP contribution in [0.15, 0.2) is 85.1 Å².